The Morgan fingerprint density at radius 2 is 0.896 bits per heavy atom. The Balaban J connectivity index is 4.67. The number of carbonyl (C=O) groups is 2. The highest BCUT2D eigenvalue weighted by Crippen LogP contribution is 2.24. The Bertz CT molecular complexity index is 682. The number of nitrogens with zero attached hydrogens (tertiary/aromatic N) is 1. The Labute approximate surface area is 300 Å². The summed E-state index contributed by atoms with van der Waals surface area (Å²) in [5, 5.41) is 0. The third kappa shape index (κ3) is 34.8. The minimum Gasteiger partial charge on any atom is -0.466 e. The van der Waals surface area contributed by atoms with E-state index in [2.05, 4.69) is 25.7 Å². The quantitative estimate of drug-likeness (QED) is 0.0480. The number of esters is 2. The van der Waals surface area contributed by atoms with Crippen molar-refractivity contribution in [1.82, 2.24) is 4.90 Å². The van der Waals surface area contributed by atoms with Crippen LogP contribution in [0, 0.1) is 5.92 Å². The van der Waals surface area contributed by atoms with Crippen molar-refractivity contribution in [1.29, 1.82) is 0 Å². The molecule has 5 heteroatoms. The molecule has 286 valence electrons. The molecule has 0 rings (SSSR count). The predicted octanol–water partition coefficient (Wildman–Crippen LogP) is 13.2. The van der Waals surface area contributed by atoms with E-state index in [4.69, 9.17) is 9.47 Å². The first kappa shape index (κ1) is 46.9. The lowest BCUT2D eigenvalue weighted by Crippen LogP contribution is -2.21. The van der Waals surface area contributed by atoms with Crippen LogP contribution < -0.4 is 0 Å². The van der Waals surface area contributed by atoms with Gasteiger partial charge in [-0.2, -0.15) is 0 Å². The van der Waals surface area contributed by atoms with Crippen LogP contribution in [0.3, 0.4) is 0 Å². The van der Waals surface area contributed by atoms with Crippen molar-refractivity contribution in [2.45, 2.75) is 232 Å². The van der Waals surface area contributed by atoms with Gasteiger partial charge in [-0.3, -0.25) is 9.59 Å². The Hall–Kier alpha value is -1.10. The molecule has 5 nitrogen and oxygen atoms in total. The van der Waals surface area contributed by atoms with Crippen LogP contribution in [0.2, 0.25) is 0 Å². The van der Waals surface area contributed by atoms with Crippen LogP contribution in [0.1, 0.15) is 226 Å². The highest BCUT2D eigenvalue weighted by molar-refractivity contribution is 5.70. The lowest BCUT2D eigenvalue weighted by molar-refractivity contribution is -0.150. The average molecular weight is 680 g/mol. The third-order valence-electron chi connectivity index (χ3n) is 9.98. The number of carbonyl (C=O) groups excluding carboxylic acids is 2. The molecule has 0 aliphatic heterocycles. The lowest BCUT2D eigenvalue weighted by Gasteiger charge is -2.21. The summed E-state index contributed by atoms with van der Waals surface area (Å²) in [4.78, 5) is 27.7. The maximum absolute atomic E-state index is 12.9. The molecule has 0 saturated heterocycles. The normalized spacial score (nSPS) is 12.8. The van der Waals surface area contributed by atoms with Gasteiger partial charge in [-0.1, -0.05) is 162 Å². The van der Waals surface area contributed by atoms with Crippen molar-refractivity contribution >= 4 is 11.9 Å². The molecule has 0 aromatic rings. The van der Waals surface area contributed by atoms with Gasteiger partial charge in [0, 0.05) is 12.8 Å². The van der Waals surface area contributed by atoms with E-state index in [1.165, 1.54) is 141 Å². The first-order valence-corrected chi connectivity index (χ1v) is 21.4. The van der Waals surface area contributed by atoms with Crippen molar-refractivity contribution < 1.29 is 19.1 Å². The lowest BCUT2D eigenvalue weighted by atomic mass is 9.91. The summed E-state index contributed by atoms with van der Waals surface area (Å²) < 4.78 is 11.8. The number of hydrogen-bond acceptors (Lipinski definition) is 5. The van der Waals surface area contributed by atoms with E-state index < -0.39 is 0 Å². The summed E-state index contributed by atoms with van der Waals surface area (Å²) in [5.74, 6) is 0.319. The van der Waals surface area contributed by atoms with Crippen molar-refractivity contribution in [3.05, 3.63) is 0 Å². The molecule has 0 bridgehead atoms. The number of unbranched alkanes of at least 4 members (excludes halogenated alkanes) is 21. The molecular weight excluding hydrogens is 594 g/mol. The molecular formula is C43H85NO4. The topological polar surface area (TPSA) is 55.8 Å². The number of ether oxygens (including phenoxy) is 2. The molecule has 0 aliphatic carbocycles. The minimum atomic E-state index is -0.0446. The van der Waals surface area contributed by atoms with E-state index in [1.807, 2.05) is 14.1 Å². The predicted molar refractivity (Wildman–Crippen MR) is 208 cm³/mol. The maximum atomic E-state index is 12.9. The van der Waals surface area contributed by atoms with Gasteiger partial charge in [0.05, 0.1) is 6.61 Å². The fraction of sp³-hybridized carbons (Fsp3) is 0.953. The van der Waals surface area contributed by atoms with E-state index in [-0.39, 0.29) is 18.0 Å². The summed E-state index contributed by atoms with van der Waals surface area (Å²) in [5.41, 5.74) is 0. The Morgan fingerprint density at radius 3 is 1.40 bits per heavy atom. The highest BCUT2D eigenvalue weighted by Gasteiger charge is 2.19. The molecule has 48 heavy (non-hydrogen) atoms. The van der Waals surface area contributed by atoms with E-state index in [1.54, 1.807) is 0 Å². The van der Waals surface area contributed by atoms with Gasteiger partial charge in [0.1, 0.15) is 6.10 Å². The summed E-state index contributed by atoms with van der Waals surface area (Å²) in [6.45, 7) is 8.28. The second kappa shape index (κ2) is 37.2. The molecule has 0 aromatic heterocycles. The van der Waals surface area contributed by atoms with Crippen molar-refractivity contribution in [3.8, 4) is 0 Å². The van der Waals surface area contributed by atoms with Crippen molar-refractivity contribution in [3.63, 3.8) is 0 Å². The second-order valence-corrected chi connectivity index (χ2v) is 15.2. The fourth-order valence-corrected chi connectivity index (χ4v) is 6.82. The van der Waals surface area contributed by atoms with Gasteiger partial charge in [0.15, 0.2) is 0 Å². The fourth-order valence-electron chi connectivity index (χ4n) is 6.82. The van der Waals surface area contributed by atoms with E-state index in [9.17, 15) is 9.59 Å². The largest absolute Gasteiger partial charge is 0.466 e. The van der Waals surface area contributed by atoms with Crippen LogP contribution in [0.25, 0.3) is 0 Å². The minimum absolute atomic E-state index is 0.00793. The number of rotatable bonds is 38. The highest BCUT2D eigenvalue weighted by atomic mass is 16.5. The molecule has 0 amide bonds. The van der Waals surface area contributed by atoms with Crippen LogP contribution in [-0.2, 0) is 19.1 Å². The van der Waals surface area contributed by atoms with Gasteiger partial charge in [-0.05, 0) is 77.9 Å². The molecule has 0 aliphatic rings. The maximum Gasteiger partial charge on any atom is 0.306 e. The molecule has 0 radical (unpaired) electrons. The summed E-state index contributed by atoms with van der Waals surface area (Å²) in [6.07, 6.45) is 37.9. The molecule has 0 saturated carbocycles. The monoisotopic (exact) mass is 680 g/mol. The summed E-state index contributed by atoms with van der Waals surface area (Å²) in [6, 6.07) is 0. The van der Waals surface area contributed by atoms with Gasteiger partial charge >= 0.3 is 11.9 Å². The van der Waals surface area contributed by atoms with Gasteiger partial charge < -0.3 is 14.4 Å². The second-order valence-electron chi connectivity index (χ2n) is 15.2. The van der Waals surface area contributed by atoms with E-state index in [0.717, 1.165) is 57.9 Å². The first-order valence-electron chi connectivity index (χ1n) is 21.4. The van der Waals surface area contributed by atoms with Crippen molar-refractivity contribution in [2.75, 3.05) is 27.2 Å². The van der Waals surface area contributed by atoms with Crippen molar-refractivity contribution in [2.24, 2.45) is 5.92 Å². The van der Waals surface area contributed by atoms with Gasteiger partial charge in [0.2, 0.25) is 0 Å². The zero-order valence-electron chi connectivity index (χ0n) is 33.3. The molecule has 0 N–H and O–H groups in total. The molecule has 2 atom stereocenters. The first-order chi connectivity index (χ1) is 23.4. The van der Waals surface area contributed by atoms with Crippen LogP contribution in [0.4, 0.5) is 0 Å². The molecule has 0 fully saturated rings. The Kier molecular flexibility index (Phi) is 36.3. The number of hydrogen-bond donors (Lipinski definition) is 0. The summed E-state index contributed by atoms with van der Waals surface area (Å²) >= 11 is 0. The van der Waals surface area contributed by atoms with Gasteiger partial charge in [-0.15, -0.1) is 0 Å². The Morgan fingerprint density at radius 1 is 0.479 bits per heavy atom. The molecule has 0 spiro atoms. The van der Waals surface area contributed by atoms with Gasteiger partial charge in [0.25, 0.3) is 0 Å². The molecule has 0 aromatic carbocycles. The standard InChI is InChI=1S/C43H85NO4/c1-6-9-12-15-17-19-20-21-23-26-29-38-47-43(46)39-40(32-27-25-22-18-16-13-10-7-2)33-30-35-41(34-28-24-14-11-8-3)48-42(45)36-31-37-44(4)5/h40-41H,6-39H2,1-5H3. The zero-order chi connectivity index (χ0) is 35.3. The molecule has 0 heterocycles. The zero-order valence-corrected chi connectivity index (χ0v) is 33.3. The van der Waals surface area contributed by atoms with E-state index in [0.29, 0.717) is 25.4 Å². The van der Waals surface area contributed by atoms with E-state index >= 15 is 0 Å². The van der Waals surface area contributed by atoms with Crippen LogP contribution in [-0.4, -0.2) is 50.2 Å². The molecule has 2 unspecified atom stereocenters. The van der Waals surface area contributed by atoms with Crippen LogP contribution in [0.15, 0.2) is 0 Å². The smallest absolute Gasteiger partial charge is 0.306 e. The van der Waals surface area contributed by atoms with Crippen LogP contribution in [0.5, 0.6) is 0 Å². The average Bonchev–Trinajstić information content (AvgIpc) is 3.05. The summed E-state index contributed by atoms with van der Waals surface area (Å²) in [7, 11) is 4.09. The van der Waals surface area contributed by atoms with Crippen LogP contribution >= 0.6 is 0 Å². The van der Waals surface area contributed by atoms with Gasteiger partial charge in [-0.25, -0.2) is 0 Å². The third-order valence-corrected chi connectivity index (χ3v) is 9.98. The SMILES string of the molecule is CCCCCCCCCCCCCOC(=O)CC(CCCCCCCCCC)CCCC(CCCCCCC)OC(=O)CCCN(C)C.